The molecule has 3 aromatic rings. The molecule has 140 valence electrons. The highest BCUT2D eigenvalue weighted by atomic mass is 32.2. The lowest BCUT2D eigenvalue weighted by molar-refractivity contribution is -0.385. The number of nitrogens with zero attached hydrogens (tertiary/aromatic N) is 3. The van der Waals surface area contributed by atoms with Gasteiger partial charge in [0.25, 0.3) is 10.9 Å². The molecule has 27 heavy (non-hydrogen) atoms. The molecule has 2 aromatic carbocycles. The van der Waals surface area contributed by atoms with Gasteiger partial charge in [-0.2, -0.15) is 0 Å². The highest BCUT2D eigenvalue weighted by Crippen LogP contribution is 2.34. The van der Waals surface area contributed by atoms with E-state index in [-0.39, 0.29) is 28.1 Å². The molecule has 8 nitrogen and oxygen atoms in total. The van der Waals surface area contributed by atoms with Crippen LogP contribution in [0.15, 0.2) is 46.0 Å². The summed E-state index contributed by atoms with van der Waals surface area (Å²) < 4.78 is 29.9. The molecule has 0 atom stereocenters. The smallest absolute Gasteiger partial charge is 0.277 e. The first-order valence-electron chi connectivity index (χ1n) is 7.64. The zero-order valence-electron chi connectivity index (χ0n) is 14.3. The Labute approximate surface area is 157 Å². The molecule has 0 aliphatic heterocycles. The largest absolute Gasteiger partial charge is 0.493 e. The third-order valence-corrected chi connectivity index (χ3v) is 4.51. The van der Waals surface area contributed by atoms with Crippen LogP contribution in [-0.4, -0.2) is 29.3 Å². The number of hydrogen-bond donors (Lipinski definition) is 0. The zero-order valence-corrected chi connectivity index (χ0v) is 15.2. The van der Waals surface area contributed by atoms with Gasteiger partial charge >= 0.3 is 0 Å². The number of nitro benzene ring substituents is 1. The van der Waals surface area contributed by atoms with Gasteiger partial charge in [-0.1, -0.05) is 17.8 Å². The van der Waals surface area contributed by atoms with Crippen LogP contribution in [0.1, 0.15) is 5.56 Å². The van der Waals surface area contributed by atoms with Gasteiger partial charge in [-0.15, -0.1) is 10.2 Å². The molecular weight excluding hydrogens is 377 g/mol. The van der Waals surface area contributed by atoms with Gasteiger partial charge in [-0.3, -0.25) is 10.1 Å². The van der Waals surface area contributed by atoms with Gasteiger partial charge in [0.2, 0.25) is 5.89 Å². The summed E-state index contributed by atoms with van der Waals surface area (Å²) in [6.07, 6.45) is 0. The second kappa shape index (κ2) is 8.04. The standard InChI is InChI=1S/C17H14FN3O5S/c1-24-14-7-6-10(8-15(14)25-2)16-19-20-17(26-16)27-9-11-12(18)4-3-5-13(11)21(22)23/h3-8H,9H2,1-2H3. The van der Waals surface area contributed by atoms with E-state index in [4.69, 9.17) is 13.9 Å². The average molecular weight is 391 g/mol. The minimum absolute atomic E-state index is 0.0173. The minimum Gasteiger partial charge on any atom is -0.493 e. The van der Waals surface area contributed by atoms with Crippen molar-refractivity contribution in [1.29, 1.82) is 0 Å². The molecule has 0 spiro atoms. The molecule has 0 radical (unpaired) electrons. The van der Waals surface area contributed by atoms with Gasteiger partial charge in [-0.25, -0.2) is 4.39 Å². The number of benzene rings is 2. The van der Waals surface area contributed by atoms with E-state index in [1.165, 1.54) is 32.4 Å². The molecule has 0 aliphatic rings. The van der Waals surface area contributed by atoms with Crippen molar-refractivity contribution in [1.82, 2.24) is 10.2 Å². The van der Waals surface area contributed by atoms with E-state index in [1.54, 1.807) is 18.2 Å². The van der Waals surface area contributed by atoms with Crippen molar-refractivity contribution >= 4 is 17.4 Å². The van der Waals surface area contributed by atoms with Crippen LogP contribution in [-0.2, 0) is 5.75 Å². The number of ether oxygens (including phenoxy) is 2. The fraction of sp³-hybridized carbons (Fsp3) is 0.176. The van der Waals surface area contributed by atoms with Crippen LogP contribution in [0.3, 0.4) is 0 Å². The van der Waals surface area contributed by atoms with Crippen LogP contribution >= 0.6 is 11.8 Å². The van der Waals surface area contributed by atoms with Crippen molar-refractivity contribution in [3.63, 3.8) is 0 Å². The Kier molecular flexibility index (Phi) is 5.55. The maximum atomic E-state index is 13.9. The van der Waals surface area contributed by atoms with Gasteiger partial charge in [0.05, 0.1) is 24.7 Å². The number of thioether (sulfide) groups is 1. The first kappa shape index (κ1) is 18.6. The summed E-state index contributed by atoms with van der Waals surface area (Å²) in [6, 6.07) is 8.83. The molecule has 10 heteroatoms. The molecule has 1 heterocycles. The number of hydrogen-bond acceptors (Lipinski definition) is 8. The van der Waals surface area contributed by atoms with Crippen LogP contribution in [0.2, 0.25) is 0 Å². The van der Waals surface area contributed by atoms with Crippen LogP contribution in [0.25, 0.3) is 11.5 Å². The summed E-state index contributed by atoms with van der Waals surface area (Å²) in [5, 5.41) is 19.0. The maximum Gasteiger partial charge on any atom is 0.277 e. The Morgan fingerprint density at radius 3 is 2.67 bits per heavy atom. The van der Waals surface area contributed by atoms with E-state index in [0.717, 1.165) is 11.8 Å². The van der Waals surface area contributed by atoms with Crippen molar-refractivity contribution in [2.75, 3.05) is 14.2 Å². The monoisotopic (exact) mass is 391 g/mol. The SMILES string of the molecule is COc1ccc(-c2nnc(SCc3c(F)cccc3[N+](=O)[O-])o2)cc1OC. The Hall–Kier alpha value is -3.14. The van der Waals surface area contributed by atoms with Crippen molar-refractivity contribution in [2.45, 2.75) is 11.0 Å². The van der Waals surface area contributed by atoms with Gasteiger partial charge in [0.1, 0.15) is 5.82 Å². The molecule has 0 amide bonds. The van der Waals surface area contributed by atoms with Crippen molar-refractivity contribution < 1.29 is 23.2 Å². The van der Waals surface area contributed by atoms with Crippen LogP contribution < -0.4 is 9.47 Å². The van der Waals surface area contributed by atoms with E-state index in [2.05, 4.69) is 10.2 Å². The predicted molar refractivity (Wildman–Crippen MR) is 95.5 cm³/mol. The molecule has 0 saturated carbocycles. The highest BCUT2D eigenvalue weighted by molar-refractivity contribution is 7.98. The lowest BCUT2D eigenvalue weighted by Crippen LogP contribution is -1.97. The van der Waals surface area contributed by atoms with Crippen molar-refractivity contribution in [3.8, 4) is 23.0 Å². The summed E-state index contributed by atoms with van der Waals surface area (Å²) in [5.74, 6) is 0.626. The minimum atomic E-state index is -0.656. The lowest BCUT2D eigenvalue weighted by atomic mass is 10.2. The van der Waals surface area contributed by atoms with Gasteiger partial charge in [0.15, 0.2) is 11.5 Å². The molecule has 0 unspecified atom stereocenters. The molecule has 0 aliphatic carbocycles. The summed E-state index contributed by atoms with van der Waals surface area (Å²) in [7, 11) is 3.04. The van der Waals surface area contributed by atoms with Gasteiger partial charge in [0, 0.05) is 17.4 Å². The molecule has 0 N–H and O–H groups in total. The Morgan fingerprint density at radius 1 is 1.19 bits per heavy atom. The topological polar surface area (TPSA) is 101 Å². The quantitative estimate of drug-likeness (QED) is 0.337. The van der Waals surface area contributed by atoms with E-state index in [9.17, 15) is 14.5 Å². The molecule has 3 rings (SSSR count). The normalized spacial score (nSPS) is 10.6. The van der Waals surface area contributed by atoms with Crippen LogP contribution in [0, 0.1) is 15.9 Å². The Morgan fingerprint density at radius 2 is 1.96 bits per heavy atom. The van der Waals surface area contributed by atoms with Gasteiger partial charge < -0.3 is 13.9 Å². The molecule has 1 aromatic heterocycles. The fourth-order valence-electron chi connectivity index (χ4n) is 2.35. The fourth-order valence-corrected chi connectivity index (χ4v) is 3.14. The van der Waals surface area contributed by atoms with E-state index < -0.39 is 10.7 Å². The van der Waals surface area contributed by atoms with E-state index in [1.807, 2.05) is 0 Å². The van der Waals surface area contributed by atoms with E-state index in [0.29, 0.717) is 17.1 Å². The van der Waals surface area contributed by atoms with Crippen molar-refractivity contribution in [2.24, 2.45) is 0 Å². The first-order chi connectivity index (χ1) is 13.0. The summed E-state index contributed by atoms with van der Waals surface area (Å²) in [5.41, 5.74) is 0.296. The summed E-state index contributed by atoms with van der Waals surface area (Å²) in [6.45, 7) is 0. The second-order valence-electron chi connectivity index (χ2n) is 5.23. The van der Waals surface area contributed by atoms with Crippen molar-refractivity contribution in [3.05, 3.63) is 57.9 Å². The van der Waals surface area contributed by atoms with Crippen LogP contribution in [0.4, 0.5) is 10.1 Å². The average Bonchev–Trinajstić information content (AvgIpc) is 3.15. The summed E-state index contributed by atoms with van der Waals surface area (Å²) >= 11 is 1.01. The second-order valence-corrected chi connectivity index (χ2v) is 6.15. The lowest BCUT2D eigenvalue weighted by Gasteiger charge is -2.07. The Bertz CT molecular complexity index is 979. The molecular formula is C17H14FN3O5S. The third-order valence-electron chi connectivity index (χ3n) is 3.67. The number of nitro groups is 1. The third kappa shape index (κ3) is 4.00. The van der Waals surface area contributed by atoms with Gasteiger partial charge in [-0.05, 0) is 24.3 Å². The molecule has 0 bridgehead atoms. The van der Waals surface area contributed by atoms with Crippen LogP contribution in [0.5, 0.6) is 11.5 Å². The molecule has 0 fully saturated rings. The highest BCUT2D eigenvalue weighted by Gasteiger charge is 2.19. The number of methoxy groups -OCH3 is 2. The number of aromatic nitrogens is 2. The number of rotatable bonds is 7. The van der Waals surface area contributed by atoms with E-state index >= 15 is 0 Å². The number of halogens is 1. The summed E-state index contributed by atoms with van der Waals surface area (Å²) in [4.78, 5) is 10.4. The zero-order chi connectivity index (χ0) is 19.4. The maximum absolute atomic E-state index is 13.9. The predicted octanol–water partition coefficient (Wildman–Crippen LogP) is 4.09. The Balaban J connectivity index is 1.79. The molecule has 0 saturated heterocycles. The first-order valence-corrected chi connectivity index (χ1v) is 8.62.